The molecule has 0 aromatic carbocycles. The standard InChI is InChI=1S/C15H20N2O3/c1-3-11(4-2)10-17-15(20)14-12(6-5-9-16-14)7-8-13(18)19/h5-9,11H,3-4,10H2,1-2H3,(H,17,20)(H,18,19)/b8-7+. The highest BCUT2D eigenvalue weighted by atomic mass is 16.4. The molecule has 2 N–H and O–H groups in total. The lowest BCUT2D eigenvalue weighted by Gasteiger charge is -2.13. The first kappa shape index (κ1) is 15.9. The molecule has 0 unspecified atom stereocenters. The van der Waals surface area contributed by atoms with Crippen LogP contribution in [0.25, 0.3) is 6.08 Å². The van der Waals surface area contributed by atoms with E-state index in [0.29, 0.717) is 18.0 Å². The van der Waals surface area contributed by atoms with Crippen LogP contribution in [-0.2, 0) is 4.79 Å². The van der Waals surface area contributed by atoms with Gasteiger partial charge in [0, 0.05) is 24.4 Å². The molecule has 0 fully saturated rings. The summed E-state index contributed by atoms with van der Waals surface area (Å²) in [5.41, 5.74) is 0.743. The second-order valence-electron chi connectivity index (χ2n) is 4.51. The van der Waals surface area contributed by atoms with Gasteiger partial charge in [0.15, 0.2) is 0 Å². The Balaban J connectivity index is 2.80. The van der Waals surface area contributed by atoms with Crippen molar-refractivity contribution < 1.29 is 14.7 Å². The third-order valence-corrected chi connectivity index (χ3v) is 3.17. The monoisotopic (exact) mass is 276 g/mol. The number of nitrogens with zero attached hydrogens (tertiary/aromatic N) is 1. The number of nitrogens with one attached hydrogen (secondary N) is 1. The van der Waals surface area contributed by atoms with Crippen LogP contribution in [0.1, 0.15) is 42.7 Å². The highest BCUT2D eigenvalue weighted by Gasteiger charge is 2.12. The van der Waals surface area contributed by atoms with Crippen LogP contribution in [-0.4, -0.2) is 28.5 Å². The smallest absolute Gasteiger partial charge is 0.328 e. The number of carbonyl (C=O) groups is 2. The molecule has 5 heteroatoms. The first-order chi connectivity index (χ1) is 9.58. The minimum Gasteiger partial charge on any atom is -0.478 e. The molecule has 0 spiro atoms. The van der Waals surface area contributed by atoms with Crippen molar-refractivity contribution in [1.82, 2.24) is 10.3 Å². The van der Waals surface area contributed by atoms with Gasteiger partial charge < -0.3 is 10.4 Å². The average molecular weight is 276 g/mol. The molecule has 1 aromatic rings. The van der Waals surface area contributed by atoms with Crippen molar-refractivity contribution in [3.8, 4) is 0 Å². The predicted octanol–water partition coefficient (Wildman–Crippen LogP) is 2.35. The van der Waals surface area contributed by atoms with Crippen molar-refractivity contribution in [1.29, 1.82) is 0 Å². The van der Waals surface area contributed by atoms with Gasteiger partial charge in [0.1, 0.15) is 5.69 Å². The molecule has 20 heavy (non-hydrogen) atoms. The third-order valence-electron chi connectivity index (χ3n) is 3.17. The Morgan fingerprint density at radius 3 is 2.70 bits per heavy atom. The molecule has 0 aliphatic rings. The van der Waals surface area contributed by atoms with Crippen LogP contribution in [0, 0.1) is 5.92 Å². The lowest BCUT2D eigenvalue weighted by molar-refractivity contribution is -0.131. The average Bonchev–Trinajstić information content (AvgIpc) is 2.46. The van der Waals surface area contributed by atoms with E-state index in [1.54, 1.807) is 12.1 Å². The molecule has 1 amide bonds. The van der Waals surface area contributed by atoms with Crippen molar-refractivity contribution in [3.05, 3.63) is 35.7 Å². The van der Waals surface area contributed by atoms with E-state index in [9.17, 15) is 9.59 Å². The number of aromatic nitrogens is 1. The number of amides is 1. The van der Waals surface area contributed by atoms with E-state index < -0.39 is 5.97 Å². The largest absolute Gasteiger partial charge is 0.478 e. The molecule has 0 radical (unpaired) electrons. The molecule has 108 valence electrons. The second kappa shape index (κ2) is 8.09. The minimum atomic E-state index is -1.06. The van der Waals surface area contributed by atoms with Gasteiger partial charge in [-0.2, -0.15) is 0 Å². The number of carboxylic acid groups (broad SMARTS) is 1. The van der Waals surface area contributed by atoms with Gasteiger partial charge in [-0.25, -0.2) is 4.79 Å². The number of pyridine rings is 1. The zero-order valence-electron chi connectivity index (χ0n) is 11.8. The molecule has 0 aliphatic heterocycles. The summed E-state index contributed by atoms with van der Waals surface area (Å²) in [6.07, 6.45) is 5.90. The fourth-order valence-corrected chi connectivity index (χ4v) is 1.80. The van der Waals surface area contributed by atoms with E-state index in [4.69, 9.17) is 5.11 Å². The first-order valence-corrected chi connectivity index (χ1v) is 6.72. The van der Waals surface area contributed by atoms with Gasteiger partial charge in [0.25, 0.3) is 5.91 Å². The number of aliphatic carboxylic acids is 1. The Hall–Kier alpha value is -2.17. The van der Waals surface area contributed by atoms with Crippen molar-refractivity contribution in [2.24, 2.45) is 5.92 Å². The summed E-state index contributed by atoms with van der Waals surface area (Å²) in [6, 6.07) is 3.33. The summed E-state index contributed by atoms with van der Waals surface area (Å²) in [7, 11) is 0. The van der Waals surface area contributed by atoms with Crippen LogP contribution in [0.4, 0.5) is 0 Å². The Labute approximate surface area is 118 Å². The highest BCUT2D eigenvalue weighted by Crippen LogP contribution is 2.09. The number of carbonyl (C=O) groups excluding carboxylic acids is 1. The summed E-state index contributed by atoms with van der Waals surface area (Å²) in [5, 5.41) is 11.5. The van der Waals surface area contributed by atoms with Crippen LogP contribution in [0.2, 0.25) is 0 Å². The molecule has 1 rings (SSSR count). The van der Waals surface area contributed by atoms with Crippen LogP contribution >= 0.6 is 0 Å². The second-order valence-corrected chi connectivity index (χ2v) is 4.51. The summed E-state index contributed by atoms with van der Waals surface area (Å²) in [4.78, 5) is 26.7. The Morgan fingerprint density at radius 2 is 2.10 bits per heavy atom. The van der Waals surface area contributed by atoms with Crippen LogP contribution in [0.15, 0.2) is 24.4 Å². The normalized spacial score (nSPS) is 10.9. The lowest BCUT2D eigenvalue weighted by atomic mass is 10.0. The molecule has 0 saturated heterocycles. The van der Waals surface area contributed by atoms with Gasteiger partial charge >= 0.3 is 5.97 Å². The topological polar surface area (TPSA) is 79.3 Å². The van der Waals surface area contributed by atoms with Gasteiger partial charge in [-0.1, -0.05) is 32.8 Å². The number of hydrogen-bond donors (Lipinski definition) is 2. The number of hydrogen-bond acceptors (Lipinski definition) is 3. The number of rotatable bonds is 7. The van der Waals surface area contributed by atoms with E-state index in [0.717, 1.165) is 18.9 Å². The molecule has 0 saturated carbocycles. The van der Waals surface area contributed by atoms with Crippen molar-refractivity contribution >= 4 is 18.0 Å². The maximum atomic E-state index is 12.1. The highest BCUT2D eigenvalue weighted by molar-refractivity contribution is 5.97. The zero-order valence-corrected chi connectivity index (χ0v) is 11.8. The zero-order chi connectivity index (χ0) is 15.0. The van der Waals surface area contributed by atoms with Crippen LogP contribution in [0.3, 0.4) is 0 Å². The first-order valence-electron chi connectivity index (χ1n) is 6.72. The van der Waals surface area contributed by atoms with E-state index >= 15 is 0 Å². The summed E-state index contributed by atoms with van der Waals surface area (Å²) < 4.78 is 0. The number of carboxylic acids is 1. The molecule has 5 nitrogen and oxygen atoms in total. The van der Waals surface area contributed by atoms with E-state index in [2.05, 4.69) is 24.1 Å². The molecular weight excluding hydrogens is 256 g/mol. The Kier molecular flexibility index (Phi) is 6.43. The molecule has 0 aliphatic carbocycles. The van der Waals surface area contributed by atoms with Gasteiger partial charge in [-0.05, 0) is 18.1 Å². The van der Waals surface area contributed by atoms with Crippen LogP contribution in [0.5, 0.6) is 0 Å². The Bertz CT molecular complexity index is 494. The molecule has 0 bridgehead atoms. The van der Waals surface area contributed by atoms with Gasteiger partial charge in [-0.15, -0.1) is 0 Å². The van der Waals surface area contributed by atoms with Gasteiger partial charge in [0.2, 0.25) is 0 Å². The molecule has 0 atom stereocenters. The molecule has 1 aromatic heterocycles. The maximum Gasteiger partial charge on any atom is 0.328 e. The maximum absolute atomic E-state index is 12.1. The molecule has 1 heterocycles. The Morgan fingerprint density at radius 1 is 1.40 bits per heavy atom. The summed E-state index contributed by atoms with van der Waals surface area (Å²) >= 11 is 0. The molecular formula is C15H20N2O3. The van der Waals surface area contributed by atoms with Gasteiger partial charge in [-0.3, -0.25) is 9.78 Å². The van der Waals surface area contributed by atoms with Crippen molar-refractivity contribution in [3.63, 3.8) is 0 Å². The van der Waals surface area contributed by atoms with Crippen LogP contribution < -0.4 is 5.32 Å². The van der Waals surface area contributed by atoms with E-state index in [1.807, 2.05) is 0 Å². The fourth-order valence-electron chi connectivity index (χ4n) is 1.80. The van der Waals surface area contributed by atoms with Crippen molar-refractivity contribution in [2.45, 2.75) is 26.7 Å². The van der Waals surface area contributed by atoms with E-state index in [1.165, 1.54) is 12.3 Å². The quantitative estimate of drug-likeness (QED) is 0.749. The lowest BCUT2D eigenvalue weighted by Crippen LogP contribution is -2.30. The van der Waals surface area contributed by atoms with Crippen molar-refractivity contribution in [2.75, 3.05) is 6.54 Å². The predicted molar refractivity (Wildman–Crippen MR) is 77.3 cm³/mol. The fraction of sp³-hybridized carbons (Fsp3) is 0.400. The summed E-state index contributed by atoms with van der Waals surface area (Å²) in [5.74, 6) is -0.888. The summed E-state index contributed by atoms with van der Waals surface area (Å²) in [6.45, 7) is 4.77. The van der Waals surface area contributed by atoms with E-state index in [-0.39, 0.29) is 11.6 Å². The third kappa shape index (κ3) is 4.84. The minimum absolute atomic E-state index is 0.246. The SMILES string of the molecule is CCC(CC)CNC(=O)c1ncccc1/C=C/C(=O)O. The van der Waals surface area contributed by atoms with Gasteiger partial charge in [0.05, 0.1) is 0 Å².